The van der Waals surface area contributed by atoms with Crippen LogP contribution in [0.15, 0.2) is 23.1 Å². The van der Waals surface area contributed by atoms with Crippen molar-refractivity contribution in [2.75, 3.05) is 0 Å². The van der Waals surface area contributed by atoms with E-state index in [9.17, 15) is 9.18 Å². The Balaban J connectivity index is 3.07. The molecule has 0 bridgehead atoms. The molecule has 15 heavy (non-hydrogen) atoms. The van der Waals surface area contributed by atoms with Crippen LogP contribution in [0.2, 0.25) is 0 Å². The molecule has 4 heteroatoms. The van der Waals surface area contributed by atoms with Crippen LogP contribution >= 0.6 is 11.8 Å². The highest BCUT2D eigenvalue weighted by Gasteiger charge is 2.16. The third-order valence-electron chi connectivity index (χ3n) is 2.09. The standard InChI is InChI=1S/C11H13FO2S/c1-3-7(2)15-10-8(11(13)14)5-4-6-9(10)12/h4-7H,3H2,1-2H3,(H,13,14). The zero-order valence-electron chi connectivity index (χ0n) is 8.66. The zero-order valence-corrected chi connectivity index (χ0v) is 9.47. The van der Waals surface area contributed by atoms with Crippen molar-refractivity contribution in [2.24, 2.45) is 0 Å². The molecule has 0 amide bonds. The largest absolute Gasteiger partial charge is 0.478 e. The van der Waals surface area contributed by atoms with Gasteiger partial charge >= 0.3 is 5.97 Å². The Morgan fingerprint density at radius 3 is 2.80 bits per heavy atom. The number of thioether (sulfide) groups is 1. The van der Waals surface area contributed by atoms with Gasteiger partial charge in [-0.2, -0.15) is 0 Å². The molecule has 0 saturated carbocycles. The van der Waals surface area contributed by atoms with Crippen LogP contribution in [0.25, 0.3) is 0 Å². The normalized spacial score (nSPS) is 12.5. The molecule has 0 radical (unpaired) electrons. The van der Waals surface area contributed by atoms with E-state index in [4.69, 9.17) is 5.11 Å². The third-order valence-corrected chi connectivity index (χ3v) is 3.48. The second kappa shape index (κ2) is 5.16. The number of hydrogen-bond acceptors (Lipinski definition) is 2. The zero-order chi connectivity index (χ0) is 11.4. The first-order valence-corrected chi connectivity index (χ1v) is 5.62. The number of rotatable bonds is 4. The van der Waals surface area contributed by atoms with E-state index in [2.05, 4.69) is 0 Å². The second-order valence-electron chi connectivity index (χ2n) is 3.26. The van der Waals surface area contributed by atoms with Crippen molar-refractivity contribution in [3.8, 4) is 0 Å². The third kappa shape index (κ3) is 2.96. The van der Waals surface area contributed by atoms with Gasteiger partial charge in [-0.25, -0.2) is 9.18 Å². The first kappa shape index (κ1) is 12.0. The molecule has 0 aliphatic rings. The SMILES string of the molecule is CCC(C)Sc1c(F)cccc1C(=O)O. The highest BCUT2D eigenvalue weighted by Crippen LogP contribution is 2.30. The lowest BCUT2D eigenvalue weighted by Crippen LogP contribution is -2.03. The van der Waals surface area contributed by atoms with Gasteiger partial charge in [-0.1, -0.05) is 19.9 Å². The first-order chi connectivity index (χ1) is 7.06. The smallest absolute Gasteiger partial charge is 0.336 e. The van der Waals surface area contributed by atoms with Crippen LogP contribution in [0, 0.1) is 5.82 Å². The number of aromatic carboxylic acids is 1. The Morgan fingerprint density at radius 1 is 1.60 bits per heavy atom. The highest BCUT2D eigenvalue weighted by molar-refractivity contribution is 8.00. The van der Waals surface area contributed by atoms with E-state index in [0.717, 1.165) is 6.42 Å². The lowest BCUT2D eigenvalue weighted by molar-refractivity contribution is 0.0692. The summed E-state index contributed by atoms with van der Waals surface area (Å²) >= 11 is 1.27. The maximum atomic E-state index is 13.4. The van der Waals surface area contributed by atoms with Gasteiger partial charge in [0.15, 0.2) is 0 Å². The fourth-order valence-electron chi connectivity index (χ4n) is 1.08. The van der Waals surface area contributed by atoms with Crippen LogP contribution in [0.5, 0.6) is 0 Å². The highest BCUT2D eigenvalue weighted by atomic mass is 32.2. The van der Waals surface area contributed by atoms with Gasteiger partial charge in [0.25, 0.3) is 0 Å². The predicted octanol–water partition coefficient (Wildman–Crippen LogP) is 3.41. The number of benzene rings is 1. The molecule has 0 spiro atoms. The van der Waals surface area contributed by atoms with Crippen molar-refractivity contribution in [2.45, 2.75) is 30.4 Å². The summed E-state index contributed by atoms with van der Waals surface area (Å²) in [6, 6.07) is 4.13. The van der Waals surface area contributed by atoms with Gasteiger partial charge < -0.3 is 5.11 Å². The van der Waals surface area contributed by atoms with E-state index in [1.807, 2.05) is 13.8 Å². The second-order valence-corrected chi connectivity index (χ2v) is 4.71. The monoisotopic (exact) mass is 228 g/mol. The van der Waals surface area contributed by atoms with Crippen LogP contribution < -0.4 is 0 Å². The number of carboxylic acid groups (broad SMARTS) is 1. The van der Waals surface area contributed by atoms with Crippen LogP contribution in [-0.2, 0) is 0 Å². The Kier molecular flexibility index (Phi) is 4.15. The molecule has 0 heterocycles. The molecule has 1 N–H and O–H groups in total. The number of hydrogen-bond donors (Lipinski definition) is 1. The summed E-state index contributed by atoms with van der Waals surface area (Å²) in [5.41, 5.74) is 0.0419. The van der Waals surface area contributed by atoms with Crippen molar-refractivity contribution in [3.05, 3.63) is 29.6 Å². The van der Waals surface area contributed by atoms with Crippen LogP contribution in [0.1, 0.15) is 30.6 Å². The van der Waals surface area contributed by atoms with Gasteiger partial charge in [0.2, 0.25) is 0 Å². The van der Waals surface area contributed by atoms with Gasteiger partial charge in [-0.3, -0.25) is 0 Å². The average Bonchev–Trinajstić information content (AvgIpc) is 2.20. The van der Waals surface area contributed by atoms with Crippen molar-refractivity contribution < 1.29 is 14.3 Å². The van der Waals surface area contributed by atoms with Gasteiger partial charge in [0, 0.05) is 5.25 Å². The summed E-state index contributed by atoms with van der Waals surface area (Å²) in [6.45, 7) is 3.93. The molecule has 0 aliphatic carbocycles. The Hall–Kier alpha value is -1.03. The fraction of sp³-hybridized carbons (Fsp3) is 0.364. The number of carboxylic acids is 1. The molecule has 0 aliphatic heterocycles. The molecule has 1 rings (SSSR count). The fourth-order valence-corrected chi connectivity index (χ4v) is 2.11. The average molecular weight is 228 g/mol. The predicted molar refractivity (Wildman–Crippen MR) is 59.0 cm³/mol. The van der Waals surface area contributed by atoms with Crippen LogP contribution in [0.4, 0.5) is 4.39 Å². The lowest BCUT2D eigenvalue weighted by atomic mass is 10.2. The molecule has 0 saturated heterocycles. The lowest BCUT2D eigenvalue weighted by Gasteiger charge is -2.11. The summed E-state index contributed by atoms with van der Waals surface area (Å²) < 4.78 is 13.4. The molecule has 1 aromatic rings. The molecule has 1 aromatic carbocycles. The topological polar surface area (TPSA) is 37.3 Å². The minimum atomic E-state index is -1.08. The summed E-state index contributed by atoms with van der Waals surface area (Å²) in [5, 5.41) is 9.10. The molecule has 0 fully saturated rings. The van der Waals surface area contributed by atoms with Gasteiger partial charge in [0.1, 0.15) is 5.82 Å². The van der Waals surface area contributed by atoms with E-state index < -0.39 is 11.8 Å². The summed E-state index contributed by atoms with van der Waals surface area (Å²) in [4.78, 5) is 11.1. The molecule has 2 nitrogen and oxygen atoms in total. The Labute approximate surface area is 92.5 Å². The summed E-state index contributed by atoms with van der Waals surface area (Å²) in [6.07, 6.45) is 0.873. The van der Waals surface area contributed by atoms with Crippen LogP contribution in [-0.4, -0.2) is 16.3 Å². The van der Waals surface area contributed by atoms with Crippen molar-refractivity contribution in [3.63, 3.8) is 0 Å². The molecule has 1 unspecified atom stereocenters. The maximum absolute atomic E-state index is 13.4. The summed E-state index contributed by atoms with van der Waals surface area (Å²) in [7, 11) is 0. The minimum absolute atomic E-state index is 0.0419. The van der Waals surface area contributed by atoms with E-state index in [1.54, 1.807) is 0 Å². The quantitative estimate of drug-likeness (QED) is 0.802. The number of carbonyl (C=O) groups is 1. The van der Waals surface area contributed by atoms with Gasteiger partial charge in [-0.05, 0) is 18.6 Å². The molecular formula is C11H13FO2S. The van der Waals surface area contributed by atoms with Crippen molar-refractivity contribution in [1.82, 2.24) is 0 Å². The Bertz CT molecular complexity index is 366. The molecular weight excluding hydrogens is 215 g/mol. The van der Waals surface area contributed by atoms with E-state index in [1.165, 1.54) is 30.0 Å². The van der Waals surface area contributed by atoms with Crippen molar-refractivity contribution >= 4 is 17.7 Å². The molecule has 0 aromatic heterocycles. The maximum Gasteiger partial charge on any atom is 0.336 e. The van der Waals surface area contributed by atoms with Gasteiger partial charge in [-0.15, -0.1) is 11.8 Å². The first-order valence-electron chi connectivity index (χ1n) is 4.74. The number of halogens is 1. The summed E-state index contributed by atoms with van der Waals surface area (Å²) in [5.74, 6) is -1.54. The van der Waals surface area contributed by atoms with E-state index in [0.29, 0.717) is 0 Å². The molecule has 1 atom stereocenters. The van der Waals surface area contributed by atoms with Crippen LogP contribution in [0.3, 0.4) is 0 Å². The van der Waals surface area contributed by atoms with E-state index in [-0.39, 0.29) is 15.7 Å². The minimum Gasteiger partial charge on any atom is -0.478 e. The molecule has 82 valence electrons. The van der Waals surface area contributed by atoms with Gasteiger partial charge in [0.05, 0.1) is 10.5 Å². The van der Waals surface area contributed by atoms with Crippen molar-refractivity contribution in [1.29, 1.82) is 0 Å². The van der Waals surface area contributed by atoms with E-state index >= 15 is 0 Å². The Morgan fingerprint density at radius 2 is 2.27 bits per heavy atom.